The van der Waals surface area contributed by atoms with Gasteiger partial charge < -0.3 is 20.3 Å². The van der Waals surface area contributed by atoms with Crippen molar-refractivity contribution < 1.29 is 31.2 Å². The lowest BCUT2D eigenvalue weighted by Crippen LogP contribution is -2.35. The number of carbonyl (C=O) groups is 2. The van der Waals surface area contributed by atoms with E-state index >= 15 is 0 Å². The molecule has 2 fully saturated rings. The molecule has 12 nitrogen and oxygen atoms in total. The molecule has 14 heteroatoms. The summed E-state index contributed by atoms with van der Waals surface area (Å²) in [6.45, 7) is 8.52. The third kappa shape index (κ3) is 13.2. The Hall–Kier alpha value is -4.60. The van der Waals surface area contributed by atoms with Gasteiger partial charge in [-0.15, -0.1) is 0 Å². The lowest BCUT2D eigenvalue weighted by Gasteiger charge is -2.26. The van der Waals surface area contributed by atoms with E-state index in [0.717, 1.165) is 37.3 Å². The van der Waals surface area contributed by atoms with E-state index in [-0.39, 0.29) is 36.9 Å². The van der Waals surface area contributed by atoms with Crippen molar-refractivity contribution in [1.82, 2.24) is 9.80 Å². The topological polar surface area (TPSA) is 151 Å². The van der Waals surface area contributed by atoms with Crippen LogP contribution in [0.3, 0.4) is 0 Å². The van der Waals surface area contributed by atoms with Crippen molar-refractivity contribution in [3.05, 3.63) is 131 Å². The number of ketones is 1. The number of anilines is 2. The van der Waals surface area contributed by atoms with Crippen LogP contribution in [0.1, 0.15) is 84.2 Å². The molecule has 0 spiro atoms. The first kappa shape index (κ1) is 46.5. The fourth-order valence-electron chi connectivity index (χ4n) is 7.77. The van der Waals surface area contributed by atoms with Crippen LogP contribution in [-0.4, -0.2) is 102 Å². The summed E-state index contributed by atoms with van der Waals surface area (Å²) in [5.41, 5.74) is 9.31. The van der Waals surface area contributed by atoms with Gasteiger partial charge in [0.1, 0.15) is 0 Å². The highest BCUT2D eigenvalue weighted by Crippen LogP contribution is 2.25. The van der Waals surface area contributed by atoms with E-state index in [1.807, 2.05) is 60.7 Å². The van der Waals surface area contributed by atoms with Gasteiger partial charge >= 0.3 is 5.97 Å². The average molecular weight is 860 g/mol. The van der Waals surface area contributed by atoms with E-state index in [4.69, 9.17) is 10.5 Å². The average Bonchev–Trinajstić information content (AvgIpc) is 3.88. The predicted octanol–water partition coefficient (Wildman–Crippen LogP) is 6.72. The van der Waals surface area contributed by atoms with E-state index < -0.39 is 26.0 Å². The number of nitrogens with two attached hydrogens (primary N) is 1. The van der Waals surface area contributed by atoms with Gasteiger partial charge in [0.05, 0.1) is 55.2 Å². The summed E-state index contributed by atoms with van der Waals surface area (Å²) < 4.78 is 60.7. The van der Waals surface area contributed by atoms with Gasteiger partial charge in [-0.25, -0.2) is 21.6 Å². The van der Waals surface area contributed by atoms with E-state index in [0.29, 0.717) is 47.4 Å². The Morgan fingerprint density at radius 3 is 1.38 bits per heavy atom. The molecular formula is C46H61N5O7S2. The Labute approximate surface area is 357 Å². The Balaban J connectivity index is 0.000000228. The van der Waals surface area contributed by atoms with Gasteiger partial charge in [0, 0.05) is 17.6 Å². The highest BCUT2D eigenvalue weighted by molar-refractivity contribution is 7.93. The molecule has 324 valence electrons. The molecule has 2 aliphatic heterocycles. The molecule has 4 aromatic rings. The molecule has 0 saturated carbocycles. The van der Waals surface area contributed by atoms with Crippen LogP contribution in [0.4, 0.5) is 11.4 Å². The molecule has 2 saturated heterocycles. The zero-order valence-electron chi connectivity index (χ0n) is 35.2. The van der Waals surface area contributed by atoms with Crippen molar-refractivity contribution in [3.63, 3.8) is 0 Å². The SMILES string of the molecule is COC(=O)c1ccc(CN(c2ccccc2)S(=O)(=O)CCCN2CCC[C@@H]2C)cc1.C[C@H]1CCCN1CCCS(=O)(=O)N(Cc1ccc(C(=O)CN)cc1)c1ccccc1. The lowest BCUT2D eigenvalue weighted by molar-refractivity contribution is 0.0600. The largest absolute Gasteiger partial charge is 0.465 e. The van der Waals surface area contributed by atoms with Gasteiger partial charge in [0.25, 0.3) is 0 Å². The molecule has 60 heavy (non-hydrogen) atoms. The van der Waals surface area contributed by atoms with Gasteiger partial charge in [-0.2, -0.15) is 0 Å². The van der Waals surface area contributed by atoms with Crippen LogP contribution in [0, 0.1) is 0 Å². The number of hydrogen-bond donors (Lipinski definition) is 1. The molecule has 0 aliphatic carbocycles. The second-order valence-electron chi connectivity index (χ2n) is 15.6. The van der Waals surface area contributed by atoms with Crippen LogP contribution in [-0.2, 0) is 37.9 Å². The van der Waals surface area contributed by atoms with Crippen LogP contribution >= 0.6 is 0 Å². The van der Waals surface area contributed by atoms with Gasteiger partial charge in [0.2, 0.25) is 20.0 Å². The number of para-hydroxylation sites is 2. The molecule has 2 aliphatic rings. The number of hydrogen-bond acceptors (Lipinski definition) is 10. The van der Waals surface area contributed by atoms with Gasteiger partial charge in [0.15, 0.2) is 5.78 Å². The minimum atomic E-state index is -3.50. The highest BCUT2D eigenvalue weighted by atomic mass is 32.2. The number of nitrogens with zero attached hydrogens (tertiary/aromatic N) is 4. The first-order valence-electron chi connectivity index (χ1n) is 20.9. The van der Waals surface area contributed by atoms with E-state index in [9.17, 15) is 26.4 Å². The minimum Gasteiger partial charge on any atom is -0.465 e. The van der Waals surface area contributed by atoms with Crippen molar-refractivity contribution in [2.75, 3.05) is 59.9 Å². The highest BCUT2D eigenvalue weighted by Gasteiger charge is 2.27. The zero-order chi connectivity index (χ0) is 43.1. The maximum absolute atomic E-state index is 13.2. The standard InChI is InChI=1S/C23H31N3O3S.C23H30N2O4S/c1-19-7-5-14-25(19)15-6-16-30(28,29)26(22-8-3-2-4-9-22)18-20-10-12-21(13-11-20)23(27)17-24;1-19-8-6-15-24(19)16-7-17-30(27,28)25(22-9-4-3-5-10-22)18-20-11-13-21(14-12-20)23(26)29-2/h2-4,8-13,19H,5-7,14-18,24H2,1H3;3-5,9-14,19H,6-8,15-18H2,1-2H3/t2*19-/m00/s1. The Morgan fingerprint density at radius 2 is 1.03 bits per heavy atom. The molecule has 2 N–H and O–H groups in total. The Bertz CT molecular complexity index is 2020. The Morgan fingerprint density at radius 1 is 0.633 bits per heavy atom. The maximum Gasteiger partial charge on any atom is 0.337 e. The Kier molecular flexibility index (Phi) is 17.3. The normalized spacial score (nSPS) is 17.1. The maximum atomic E-state index is 13.2. The number of carbonyl (C=O) groups excluding carboxylic acids is 2. The fraction of sp³-hybridized carbons (Fsp3) is 0.435. The minimum absolute atomic E-state index is 0.0422. The quantitative estimate of drug-likeness (QED) is 0.0795. The number of likely N-dealkylation sites (tertiary alicyclic amines) is 2. The number of methoxy groups -OCH3 is 1. The summed E-state index contributed by atoms with van der Waals surface area (Å²) in [4.78, 5) is 28.1. The van der Waals surface area contributed by atoms with E-state index in [1.54, 1.807) is 48.5 Å². The molecule has 6 rings (SSSR count). The summed E-state index contributed by atoms with van der Waals surface area (Å²) in [5.74, 6) is -0.337. The molecular weight excluding hydrogens is 799 g/mol. The monoisotopic (exact) mass is 859 g/mol. The van der Waals surface area contributed by atoms with Crippen molar-refractivity contribution in [2.24, 2.45) is 5.73 Å². The molecule has 4 aromatic carbocycles. The third-order valence-electron chi connectivity index (χ3n) is 11.3. The number of rotatable bonds is 19. The molecule has 0 aromatic heterocycles. The summed E-state index contributed by atoms with van der Waals surface area (Å²) in [7, 11) is -5.66. The predicted molar refractivity (Wildman–Crippen MR) is 240 cm³/mol. The number of sulfonamides is 2. The van der Waals surface area contributed by atoms with Crippen LogP contribution in [0.25, 0.3) is 0 Å². The smallest absolute Gasteiger partial charge is 0.337 e. The van der Waals surface area contributed by atoms with Crippen molar-refractivity contribution in [3.8, 4) is 0 Å². The number of ether oxygens (including phenoxy) is 1. The van der Waals surface area contributed by atoms with Crippen LogP contribution in [0.5, 0.6) is 0 Å². The van der Waals surface area contributed by atoms with Crippen molar-refractivity contribution in [1.29, 1.82) is 0 Å². The summed E-state index contributed by atoms with van der Waals surface area (Å²) in [6, 6.07) is 33.2. The van der Waals surface area contributed by atoms with Crippen molar-refractivity contribution in [2.45, 2.75) is 77.5 Å². The van der Waals surface area contributed by atoms with Crippen LogP contribution in [0.2, 0.25) is 0 Å². The van der Waals surface area contributed by atoms with E-state index in [2.05, 4.69) is 23.6 Å². The summed E-state index contributed by atoms with van der Waals surface area (Å²) in [6.07, 6.45) is 5.96. The second-order valence-corrected chi connectivity index (χ2v) is 19.6. The molecule has 2 atom stereocenters. The molecule has 2 heterocycles. The third-order valence-corrected chi connectivity index (χ3v) is 15.0. The number of esters is 1. The second kappa shape index (κ2) is 22.3. The van der Waals surface area contributed by atoms with Gasteiger partial charge in [-0.3, -0.25) is 13.4 Å². The first-order valence-corrected chi connectivity index (χ1v) is 24.1. The zero-order valence-corrected chi connectivity index (χ0v) is 36.8. The molecule has 0 bridgehead atoms. The van der Waals surface area contributed by atoms with E-state index in [1.165, 1.54) is 41.4 Å². The summed E-state index contributed by atoms with van der Waals surface area (Å²) in [5, 5.41) is 0. The number of benzene rings is 4. The molecule has 0 amide bonds. The lowest BCUT2D eigenvalue weighted by atomic mass is 10.1. The first-order chi connectivity index (χ1) is 28.8. The molecule has 0 radical (unpaired) electrons. The fourth-order valence-corrected chi connectivity index (χ4v) is 10.8. The van der Waals surface area contributed by atoms with Crippen molar-refractivity contribution >= 4 is 43.2 Å². The van der Waals surface area contributed by atoms with Gasteiger partial charge in [-0.05, 0) is 126 Å². The van der Waals surface area contributed by atoms with Crippen LogP contribution < -0.4 is 14.3 Å². The molecule has 0 unspecified atom stereocenters. The summed E-state index contributed by atoms with van der Waals surface area (Å²) >= 11 is 0. The van der Waals surface area contributed by atoms with Crippen LogP contribution in [0.15, 0.2) is 109 Å². The number of Topliss-reactive ketones (excluding diaryl/α,β-unsaturated/α-hetero) is 1. The van der Waals surface area contributed by atoms with Gasteiger partial charge in [-0.1, -0.05) is 72.8 Å².